The van der Waals surface area contributed by atoms with Crippen molar-refractivity contribution in [3.63, 3.8) is 0 Å². The highest BCUT2D eigenvalue weighted by Crippen LogP contribution is 2.23. The zero-order valence-electron chi connectivity index (χ0n) is 16.9. The van der Waals surface area contributed by atoms with Crippen molar-refractivity contribution >= 4 is 17.5 Å². The third-order valence-corrected chi connectivity index (χ3v) is 5.81. The first-order valence-corrected chi connectivity index (χ1v) is 10.3. The molecule has 0 radical (unpaired) electrons. The van der Waals surface area contributed by atoms with Crippen LogP contribution in [-0.2, 0) is 24.2 Å². The van der Waals surface area contributed by atoms with E-state index in [1.165, 1.54) is 11.1 Å². The fourth-order valence-corrected chi connectivity index (χ4v) is 4.31. The van der Waals surface area contributed by atoms with Crippen LogP contribution in [0, 0.1) is 0 Å². The maximum atomic E-state index is 12.9. The van der Waals surface area contributed by atoms with E-state index in [0.717, 1.165) is 25.1 Å². The number of β-amino-alcohol motifs (C(OH)–C–C–N with tert-alkyl or cyclic N) is 1. The molecule has 2 aromatic carbocycles. The van der Waals surface area contributed by atoms with E-state index >= 15 is 0 Å². The summed E-state index contributed by atoms with van der Waals surface area (Å²) < 4.78 is 0. The average molecular weight is 409 g/mol. The zero-order chi connectivity index (χ0) is 21.1. The highest BCUT2D eigenvalue weighted by Gasteiger charge is 2.27. The molecule has 1 atom stereocenters. The number of amides is 2. The monoisotopic (exact) mass is 409 g/mol. The Morgan fingerprint density at radius 2 is 1.80 bits per heavy atom. The number of carbonyl (C=O) groups excluding carboxylic acids is 2. The molecule has 2 aromatic rings. The molecule has 2 amide bonds. The van der Waals surface area contributed by atoms with Gasteiger partial charge in [0.2, 0.25) is 5.91 Å². The first-order valence-electron chi connectivity index (χ1n) is 10.3. The van der Waals surface area contributed by atoms with Gasteiger partial charge in [-0.05, 0) is 47.7 Å². The molecule has 7 heteroatoms. The van der Waals surface area contributed by atoms with Gasteiger partial charge in [0.25, 0.3) is 5.91 Å². The average Bonchev–Trinajstić information content (AvgIpc) is 2.75. The summed E-state index contributed by atoms with van der Waals surface area (Å²) in [4.78, 5) is 28.2. The number of hydrogen-bond acceptors (Lipinski definition) is 5. The Balaban J connectivity index is 1.35. The molecule has 0 spiro atoms. The van der Waals surface area contributed by atoms with Gasteiger partial charge < -0.3 is 20.4 Å². The van der Waals surface area contributed by atoms with E-state index in [2.05, 4.69) is 28.4 Å². The van der Waals surface area contributed by atoms with Crippen molar-refractivity contribution in [1.82, 2.24) is 9.80 Å². The van der Waals surface area contributed by atoms with Gasteiger partial charge in [-0.3, -0.25) is 14.5 Å². The molecule has 0 aromatic heterocycles. The maximum absolute atomic E-state index is 12.9. The molecule has 7 nitrogen and oxygen atoms in total. The van der Waals surface area contributed by atoms with Crippen molar-refractivity contribution in [2.75, 3.05) is 38.1 Å². The smallest absolute Gasteiger partial charge is 0.254 e. The van der Waals surface area contributed by atoms with Crippen molar-refractivity contribution in [3.8, 4) is 0 Å². The van der Waals surface area contributed by atoms with Crippen LogP contribution in [0.2, 0.25) is 0 Å². The fraction of sp³-hybridized carbons (Fsp3) is 0.391. The summed E-state index contributed by atoms with van der Waals surface area (Å²) in [5.41, 5.74) is 4.72. The molecule has 0 saturated carbocycles. The van der Waals surface area contributed by atoms with E-state index in [-0.39, 0.29) is 5.91 Å². The summed E-state index contributed by atoms with van der Waals surface area (Å²) in [5.74, 6) is -0.582. The second-order valence-electron chi connectivity index (χ2n) is 7.99. The minimum absolute atomic E-state index is 0.0978. The number of benzene rings is 2. The zero-order valence-corrected chi connectivity index (χ0v) is 16.9. The Labute approximate surface area is 175 Å². The molecule has 2 heterocycles. The second-order valence-corrected chi connectivity index (χ2v) is 7.99. The van der Waals surface area contributed by atoms with Crippen LogP contribution >= 0.6 is 0 Å². The SMILES string of the molecule is O=C(CO)Nc1ccc2c(c1)CCN(C[C@H](O)CN1CCc3ccccc3C1)C2=O. The summed E-state index contributed by atoms with van der Waals surface area (Å²) in [6.07, 6.45) is 1.03. The van der Waals surface area contributed by atoms with Crippen molar-refractivity contribution in [1.29, 1.82) is 0 Å². The molecule has 0 fully saturated rings. The van der Waals surface area contributed by atoms with Gasteiger partial charge >= 0.3 is 0 Å². The lowest BCUT2D eigenvalue weighted by atomic mass is 9.97. The standard InChI is InChI=1S/C23H27N3O4/c27-15-22(29)24-19-5-6-21-17(11-19)8-10-26(23(21)30)14-20(28)13-25-9-7-16-3-1-2-4-18(16)12-25/h1-6,11,20,27-28H,7-10,12-15H2,(H,24,29)/t20-/m1/s1. The molecule has 4 rings (SSSR count). The van der Waals surface area contributed by atoms with E-state index in [0.29, 0.717) is 37.3 Å². The number of anilines is 1. The highest BCUT2D eigenvalue weighted by atomic mass is 16.3. The van der Waals surface area contributed by atoms with Gasteiger partial charge in [0, 0.05) is 44.0 Å². The number of aliphatic hydroxyl groups is 2. The van der Waals surface area contributed by atoms with Gasteiger partial charge in [-0.15, -0.1) is 0 Å². The predicted octanol–water partition coefficient (Wildman–Crippen LogP) is 1.03. The van der Waals surface area contributed by atoms with Crippen LogP contribution in [0.15, 0.2) is 42.5 Å². The molecule has 0 saturated heterocycles. The second kappa shape index (κ2) is 8.95. The number of nitrogens with one attached hydrogen (secondary N) is 1. The number of rotatable bonds is 6. The topological polar surface area (TPSA) is 93.1 Å². The largest absolute Gasteiger partial charge is 0.390 e. The van der Waals surface area contributed by atoms with Gasteiger partial charge in [-0.1, -0.05) is 24.3 Å². The van der Waals surface area contributed by atoms with Crippen molar-refractivity contribution in [2.24, 2.45) is 0 Å². The van der Waals surface area contributed by atoms with E-state index in [1.54, 1.807) is 23.1 Å². The molecule has 2 aliphatic heterocycles. The lowest BCUT2D eigenvalue weighted by molar-refractivity contribution is -0.118. The minimum Gasteiger partial charge on any atom is -0.390 e. The molecule has 3 N–H and O–H groups in total. The van der Waals surface area contributed by atoms with E-state index in [4.69, 9.17) is 5.11 Å². The fourth-order valence-electron chi connectivity index (χ4n) is 4.31. The molecular weight excluding hydrogens is 382 g/mol. The van der Waals surface area contributed by atoms with Crippen molar-refractivity contribution in [2.45, 2.75) is 25.5 Å². The molecule has 0 bridgehead atoms. The quantitative estimate of drug-likeness (QED) is 0.663. The number of aliphatic hydroxyl groups excluding tert-OH is 2. The van der Waals surface area contributed by atoms with Crippen LogP contribution in [0.1, 0.15) is 27.0 Å². The van der Waals surface area contributed by atoms with Crippen LogP contribution in [0.3, 0.4) is 0 Å². The number of nitrogens with zero attached hydrogens (tertiary/aromatic N) is 2. The van der Waals surface area contributed by atoms with Crippen LogP contribution in [0.25, 0.3) is 0 Å². The first kappa shape index (κ1) is 20.5. The van der Waals surface area contributed by atoms with Gasteiger partial charge in [0.15, 0.2) is 0 Å². The Kier molecular flexibility index (Phi) is 6.13. The summed E-state index contributed by atoms with van der Waals surface area (Å²) in [6.45, 7) is 2.53. The van der Waals surface area contributed by atoms with Crippen LogP contribution in [0.4, 0.5) is 5.69 Å². The predicted molar refractivity (Wildman–Crippen MR) is 113 cm³/mol. The lowest BCUT2D eigenvalue weighted by Crippen LogP contribution is -2.46. The Morgan fingerprint density at radius 1 is 1.03 bits per heavy atom. The molecule has 158 valence electrons. The Hall–Kier alpha value is -2.74. The Morgan fingerprint density at radius 3 is 2.60 bits per heavy atom. The normalized spacial score (nSPS) is 17.3. The lowest BCUT2D eigenvalue weighted by Gasteiger charge is -2.34. The molecular formula is C23H27N3O4. The molecule has 30 heavy (non-hydrogen) atoms. The van der Waals surface area contributed by atoms with Crippen LogP contribution in [-0.4, -0.2) is 70.7 Å². The van der Waals surface area contributed by atoms with E-state index in [9.17, 15) is 14.7 Å². The van der Waals surface area contributed by atoms with Crippen LogP contribution < -0.4 is 5.32 Å². The summed E-state index contributed by atoms with van der Waals surface area (Å²) in [7, 11) is 0. The van der Waals surface area contributed by atoms with E-state index < -0.39 is 18.6 Å². The van der Waals surface area contributed by atoms with Gasteiger partial charge in [-0.2, -0.15) is 0 Å². The molecule has 0 aliphatic carbocycles. The van der Waals surface area contributed by atoms with Crippen molar-refractivity contribution in [3.05, 3.63) is 64.7 Å². The summed E-state index contributed by atoms with van der Waals surface area (Å²) in [6, 6.07) is 13.5. The number of carbonyl (C=O) groups is 2. The number of fused-ring (bicyclic) bond motifs is 2. The molecule has 2 aliphatic rings. The van der Waals surface area contributed by atoms with Gasteiger partial charge in [0.1, 0.15) is 6.61 Å². The molecule has 0 unspecified atom stereocenters. The van der Waals surface area contributed by atoms with E-state index in [1.807, 2.05) is 6.07 Å². The van der Waals surface area contributed by atoms with Gasteiger partial charge in [0.05, 0.1) is 6.10 Å². The summed E-state index contributed by atoms with van der Waals surface area (Å²) in [5, 5.41) is 22.1. The van der Waals surface area contributed by atoms with Crippen LogP contribution in [0.5, 0.6) is 0 Å². The number of hydrogen-bond donors (Lipinski definition) is 3. The first-order chi connectivity index (χ1) is 14.5. The third-order valence-electron chi connectivity index (χ3n) is 5.81. The third kappa shape index (κ3) is 4.53. The minimum atomic E-state index is -0.608. The van der Waals surface area contributed by atoms with Gasteiger partial charge in [-0.25, -0.2) is 0 Å². The summed E-state index contributed by atoms with van der Waals surface area (Å²) >= 11 is 0. The van der Waals surface area contributed by atoms with Crippen molar-refractivity contribution < 1.29 is 19.8 Å². The maximum Gasteiger partial charge on any atom is 0.254 e. The Bertz CT molecular complexity index is 946. The highest BCUT2D eigenvalue weighted by molar-refractivity contribution is 5.98.